The Kier molecular flexibility index (Phi) is 4.91. The number of amides is 3. The molecule has 2 heterocycles. The molecule has 1 N–H and O–H groups in total. The van der Waals surface area contributed by atoms with Gasteiger partial charge in [-0.25, -0.2) is 0 Å². The summed E-state index contributed by atoms with van der Waals surface area (Å²) in [6.45, 7) is 2.71. The van der Waals surface area contributed by atoms with Gasteiger partial charge in [0.15, 0.2) is 0 Å². The minimum atomic E-state index is -0.385. The Hall–Kier alpha value is -2.70. The predicted octanol–water partition coefficient (Wildman–Crippen LogP) is 3.68. The van der Waals surface area contributed by atoms with Crippen LogP contribution in [0.2, 0.25) is 5.02 Å². The van der Waals surface area contributed by atoms with E-state index in [1.807, 2.05) is 6.92 Å². The number of anilines is 1. The molecule has 3 amide bonds. The molecule has 2 aromatic carbocycles. The number of ether oxygens (including phenoxy) is 1. The predicted molar refractivity (Wildman–Crippen MR) is 105 cm³/mol. The molecule has 2 aliphatic heterocycles. The number of rotatable bonds is 4. The lowest BCUT2D eigenvalue weighted by Crippen LogP contribution is -2.36. The molecule has 0 aromatic heterocycles. The quantitative estimate of drug-likeness (QED) is 0.797. The largest absolute Gasteiger partial charge is 0.376 e. The van der Waals surface area contributed by atoms with E-state index in [0.717, 1.165) is 18.4 Å². The van der Waals surface area contributed by atoms with E-state index < -0.39 is 0 Å². The van der Waals surface area contributed by atoms with Crippen LogP contribution in [-0.4, -0.2) is 41.9 Å². The summed E-state index contributed by atoms with van der Waals surface area (Å²) in [6, 6.07) is 9.80. The smallest absolute Gasteiger partial charge is 0.261 e. The third-order valence-corrected chi connectivity index (χ3v) is 5.57. The van der Waals surface area contributed by atoms with Crippen molar-refractivity contribution in [1.82, 2.24) is 4.90 Å². The summed E-state index contributed by atoms with van der Waals surface area (Å²) in [5.74, 6) is -1.09. The second-order valence-corrected chi connectivity index (χ2v) is 7.39. The van der Waals surface area contributed by atoms with Gasteiger partial charge in [-0.15, -0.1) is 0 Å². The van der Waals surface area contributed by atoms with Gasteiger partial charge in [0.1, 0.15) is 0 Å². The first-order chi connectivity index (χ1) is 13.5. The van der Waals surface area contributed by atoms with Crippen LogP contribution in [0.5, 0.6) is 0 Å². The normalized spacial score (nSPS) is 18.5. The topological polar surface area (TPSA) is 75.7 Å². The number of carbonyl (C=O) groups excluding carboxylic acids is 3. The van der Waals surface area contributed by atoms with Crippen LogP contribution < -0.4 is 5.32 Å². The standard InChI is InChI=1S/C21H19ClN2O4/c1-12-17(22)5-2-6-18(12)23-19(25)13-7-8-15-16(10-13)21(27)24(20(15)26)11-14-4-3-9-28-14/h2,5-8,10,14H,3-4,9,11H2,1H3,(H,23,25). The summed E-state index contributed by atoms with van der Waals surface area (Å²) in [7, 11) is 0. The molecular formula is C21H19ClN2O4. The Bertz CT molecular complexity index is 982. The van der Waals surface area contributed by atoms with Crippen LogP contribution in [0, 0.1) is 6.92 Å². The number of hydrogen-bond acceptors (Lipinski definition) is 4. The third-order valence-electron chi connectivity index (χ3n) is 5.16. The van der Waals surface area contributed by atoms with E-state index in [0.29, 0.717) is 28.4 Å². The minimum absolute atomic E-state index is 0.115. The summed E-state index contributed by atoms with van der Waals surface area (Å²) in [5, 5.41) is 3.35. The van der Waals surface area contributed by atoms with Crippen LogP contribution in [0.25, 0.3) is 0 Å². The molecule has 1 saturated heterocycles. The average molecular weight is 399 g/mol. The number of hydrogen-bond donors (Lipinski definition) is 1. The van der Waals surface area contributed by atoms with Gasteiger partial charge in [0.25, 0.3) is 17.7 Å². The summed E-state index contributed by atoms with van der Waals surface area (Å²) in [6.07, 6.45) is 1.65. The van der Waals surface area contributed by atoms with Crippen LogP contribution in [0.3, 0.4) is 0 Å². The Morgan fingerprint density at radius 1 is 1.21 bits per heavy atom. The number of fused-ring (bicyclic) bond motifs is 1. The van der Waals surface area contributed by atoms with Gasteiger partial charge in [0.05, 0.1) is 23.8 Å². The van der Waals surface area contributed by atoms with Crippen molar-refractivity contribution < 1.29 is 19.1 Å². The van der Waals surface area contributed by atoms with Crippen molar-refractivity contribution in [3.8, 4) is 0 Å². The molecule has 144 valence electrons. The molecule has 1 unspecified atom stereocenters. The fourth-order valence-electron chi connectivity index (χ4n) is 3.53. The molecule has 1 atom stereocenters. The zero-order valence-corrected chi connectivity index (χ0v) is 16.1. The average Bonchev–Trinajstić information content (AvgIpc) is 3.28. The van der Waals surface area contributed by atoms with Gasteiger partial charge in [-0.2, -0.15) is 0 Å². The molecule has 6 nitrogen and oxygen atoms in total. The minimum Gasteiger partial charge on any atom is -0.376 e. The zero-order valence-electron chi connectivity index (χ0n) is 15.3. The Balaban J connectivity index is 1.55. The molecule has 7 heteroatoms. The molecule has 2 aliphatic rings. The van der Waals surface area contributed by atoms with Gasteiger partial charge in [0, 0.05) is 22.9 Å². The highest BCUT2D eigenvalue weighted by Crippen LogP contribution is 2.27. The SMILES string of the molecule is Cc1c(Cl)cccc1NC(=O)c1ccc2c(c1)C(=O)N(CC1CCCO1)C2=O. The van der Waals surface area contributed by atoms with Crippen molar-refractivity contribution in [2.45, 2.75) is 25.9 Å². The number of nitrogens with zero attached hydrogens (tertiary/aromatic N) is 1. The van der Waals surface area contributed by atoms with Crippen LogP contribution in [-0.2, 0) is 4.74 Å². The van der Waals surface area contributed by atoms with E-state index in [-0.39, 0.29) is 35.9 Å². The van der Waals surface area contributed by atoms with Gasteiger partial charge < -0.3 is 10.1 Å². The van der Waals surface area contributed by atoms with Crippen molar-refractivity contribution in [2.24, 2.45) is 0 Å². The fraction of sp³-hybridized carbons (Fsp3) is 0.286. The van der Waals surface area contributed by atoms with Crippen molar-refractivity contribution in [2.75, 3.05) is 18.5 Å². The number of carbonyl (C=O) groups is 3. The lowest BCUT2D eigenvalue weighted by Gasteiger charge is -2.17. The van der Waals surface area contributed by atoms with E-state index in [4.69, 9.17) is 16.3 Å². The fourth-order valence-corrected chi connectivity index (χ4v) is 3.70. The molecule has 28 heavy (non-hydrogen) atoms. The first kappa shape index (κ1) is 18.7. The lowest BCUT2D eigenvalue weighted by molar-refractivity contribution is 0.0475. The maximum absolute atomic E-state index is 12.7. The van der Waals surface area contributed by atoms with E-state index in [1.165, 1.54) is 17.0 Å². The molecule has 4 rings (SSSR count). The van der Waals surface area contributed by atoms with Crippen molar-refractivity contribution >= 4 is 35.0 Å². The second-order valence-electron chi connectivity index (χ2n) is 6.98. The maximum Gasteiger partial charge on any atom is 0.261 e. The Morgan fingerprint density at radius 3 is 2.75 bits per heavy atom. The van der Waals surface area contributed by atoms with Gasteiger partial charge in [-0.05, 0) is 55.7 Å². The van der Waals surface area contributed by atoms with Crippen molar-refractivity contribution in [3.63, 3.8) is 0 Å². The molecule has 1 fully saturated rings. The van der Waals surface area contributed by atoms with Gasteiger partial charge in [-0.1, -0.05) is 17.7 Å². The molecule has 2 aromatic rings. The second kappa shape index (κ2) is 7.37. The highest BCUT2D eigenvalue weighted by atomic mass is 35.5. The first-order valence-corrected chi connectivity index (χ1v) is 9.52. The summed E-state index contributed by atoms with van der Waals surface area (Å²) < 4.78 is 5.54. The summed E-state index contributed by atoms with van der Waals surface area (Å²) >= 11 is 6.09. The van der Waals surface area contributed by atoms with Gasteiger partial charge >= 0.3 is 0 Å². The highest BCUT2D eigenvalue weighted by molar-refractivity contribution is 6.31. The summed E-state index contributed by atoms with van der Waals surface area (Å²) in [5.41, 5.74) is 2.23. The van der Waals surface area contributed by atoms with Crippen LogP contribution in [0.4, 0.5) is 5.69 Å². The molecular weight excluding hydrogens is 380 g/mol. The number of benzene rings is 2. The highest BCUT2D eigenvalue weighted by Gasteiger charge is 2.37. The van der Waals surface area contributed by atoms with Crippen LogP contribution in [0.15, 0.2) is 36.4 Å². The van der Waals surface area contributed by atoms with Gasteiger partial charge in [0.2, 0.25) is 0 Å². The lowest BCUT2D eigenvalue weighted by atomic mass is 10.0. The molecule has 0 bridgehead atoms. The van der Waals surface area contributed by atoms with Gasteiger partial charge in [-0.3, -0.25) is 19.3 Å². The monoisotopic (exact) mass is 398 g/mol. The zero-order chi connectivity index (χ0) is 19.8. The van der Waals surface area contributed by atoms with E-state index in [2.05, 4.69) is 5.32 Å². The molecule has 0 radical (unpaired) electrons. The van der Waals surface area contributed by atoms with Crippen molar-refractivity contribution in [1.29, 1.82) is 0 Å². The van der Waals surface area contributed by atoms with Crippen molar-refractivity contribution in [3.05, 3.63) is 63.7 Å². The first-order valence-electron chi connectivity index (χ1n) is 9.14. The third kappa shape index (κ3) is 3.30. The van der Waals surface area contributed by atoms with E-state index in [1.54, 1.807) is 24.3 Å². The van der Waals surface area contributed by atoms with E-state index >= 15 is 0 Å². The summed E-state index contributed by atoms with van der Waals surface area (Å²) in [4.78, 5) is 39.2. The number of halogens is 1. The molecule has 0 aliphatic carbocycles. The molecule has 0 spiro atoms. The maximum atomic E-state index is 12.7. The Labute approximate surface area is 167 Å². The number of nitrogens with one attached hydrogen (secondary N) is 1. The Morgan fingerprint density at radius 2 is 2.00 bits per heavy atom. The van der Waals surface area contributed by atoms with Crippen LogP contribution >= 0.6 is 11.6 Å². The number of imide groups is 1. The van der Waals surface area contributed by atoms with E-state index in [9.17, 15) is 14.4 Å². The van der Waals surface area contributed by atoms with Crippen LogP contribution in [0.1, 0.15) is 49.5 Å². The molecule has 0 saturated carbocycles.